The van der Waals surface area contributed by atoms with Crippen molar-refractivity contribution in [2.24, 2.45) is 5.73 Å². The number of hydrogen-bond acceptors (Lipinski definition) is 7. The summed E-state index contributed by atoms with van der Waals surface area (Å²) in [4.78, 5) is 15.3. The predicted molar refractivity (Wildman–Crippen MR) is 128 cm³/mol. The van der Waals surface area contributed by atoms with Crippen LogP contribution in [0.3, 0.4) is 0 Å². The summed E-state index contributed by atoms with van der Waals surface area (Å²) in [5.74, 6) is 3.99. The molecule has 8 heteroatoms. The molecule has 0 saturated carbocycles. The van der Waals surface area contributed by atoms with Gasteiger partial charge in [-0.05, 0) is 55.0 Å². The number of amides is 1. The minimum absolute atomic E-state index is 0.136. The average Bonchev–Trinajstić information content (AvgIpc) is 2.84. The zero-order chi connectivity index (χ0) is 23.1. The van der Waals surface area contributed by atoms with Gasteiger partial charge in [-0.2, -0.15) is 11.8 Å². The molecule has 0 aliphatic carbocycles. The lowest BCUT2D eigenvalue weighted by Crippen LogP contribution is -2.39. The monoisotopic (exact) mass is 460 g/mol. The molecular weight excluding hydrogens is 428 g/mol. The van der Waals surface area contributed by atoms with Gasteiger partial charge in [-0.3, -0.25) is 4.79 Å². The molecule has 1 saturated heterocycles. The third kappa shape index (κ3) is 5.24. The van der Waals surface area contributed by atoms with Gasteiger partial charge in [-0.1, -0.05) is 12.1 Å². The van der Waals surface area contributed by atoms with Crippen molar-refractivity contribution in [2.75, 3.05) is 46.4 Å². The van der Waals surface area contributed by atoms with Gasteiger partial charge < -0.3 is 29.6 Å². The summed E-state index contributed by atoms with van der Waals surface area (Å²) >= 11 is 1.92. The zero-order valence-electron chi connectivity index (χ0n) is 19.2. The van der Waals surface area contributed by atoms with Gasteiger partial charge in [0.15, 0.2) is 11.5 Å². The molecule has 0 bridgehead atoms. The molecule has 1 heterocycles. The third-order valence-electron chi connectivity index (χ3n) is 5.64. The first-order chi connectivity index (χ1) is 15.5. The van der Waals surface area contributed by atoms with Crippen molar-refractivity contribution >= 4 is 17.7 Å². The van der Waals surface area contributed by atoms with Gasteiger partial charge >= 0.3 is 0 Å². The van der Waals surface area contributed by atoms with Crippen molar-refractivity contribution in [3.05, 3.63) is 41.5 Å². The highest BCUT2D eigenvalue weighted by Gasteiger charge is 2.30. The number of benzene rings is 2. The molecular formula is C24H32N2O5S. The lowest BCUT2D eigenvalue weighted by molar-refractivity contribution is 0.0719. The van der Waals surface area contributed by atoms with Crippen LogP contribution in [0.1, 0.15) is 28.8 Å². The van der Waals surface area contributed by atoms with Crippen molar-refractivity contribution in [1.29, 1.82) is 0 Å². The first kappa shape index (κ1) is 24.1. The number of carbonyl (C=O) groups is 1. The van der Waals surface area contributed by atoms with Crippen molar-refractivity contribution in [3.63, 3.8) is 0 Å². The third-order valence-corrected chi connectivity index (χ3v) is 6.69. The Morgan fingerprint density at radius 3 is 2.22 bits per heavy atom. The molecule has 1 aliphatic heterocycles. The number of carbonyl (C=O) groups excluding carboxylic acids is 1. The molecule has 2 N–H and O–H groups in total. The summed E-state index contributed by atoms with van der Waals surface area (Å²) in [7, 11) is 6.40. The van der Waals surface area contributed by atoms with Gasteiger partial charge in [0.2, 0.25) is 11.5 Å². The van der Waals surface area contributed by atoms with Crippen LogP contribution in [0.2, 0.25) is 0 Å². The first-order valence-corrected chi connectivity index (χ1v) is 11.8. The molecule has 1 amide bonds. The summed E-state index contributed by atoms with van der Waals surface area (Å²) in [5, 5.41) is 0. The van der Waals surface area contributed by atoms with Gasteiger partial charge in [0.25, 0.3) is 5.91 Å². The second-order valence-electron chi connectivity index (χ2n) is 7.57. The number of nitrogens with zero attached hydrogens (tertiary/aromatic N) is 1. The van der Waals surface area contributed by atoms with Gasteiger partial charge in [0.1, 0.15) is 5.75 Å². The quantitative estimate of drug-likeness (QED) is 0.606. The zero-order valence-corrected chi connectivity index (χ0v) is 20.0. The molecule has 174 valence electrons. The minimum Gasteiger partial charge on any atom is -0.492 e. The number of thioether (sulfide) groups is 1. The molecule has 2 aromatic carbocycles. The topological polar surface area (TPSA) is 83.3 Å². The Morgan fingerprint density at radius 2 is 1.66 bits per heavy atom. The van der Waals surface area contributed by atoms with Crippen LogP contribution in [0.4, 0.5) is 0 Å². The second kappa shape index (κ2) is 11.3. The van der Waals surface area contributed by atoms with Crippen LogP contribution in [0, 0.1) is 0 Å². The van der Waals surface area contributed by atoms with Gasteiger partial charge in [-0.15, -0.1) is 0 Å². The van der Waals surface area contributed by atoms with Crippen LogP contribution in [-0.4, -0.2) is 63.3 Å². The smallest absolute Gasteiger partial charge is 0.257 e. The van der Waals surface area contributed by atoms with Crippen LogP contribution in [0.25, 0.3) is 0 Å². The van der Waals surface area contributed by atoms with E-state index in [0.717, 1.165) is 36.3 Å². The molecule has 32 heavy (non-hydrogen) atoms. The van der Waals surface area contributed by atoms with Crippen molar-refractivity contribution in [1.82, 2.24) is 4.90 Å². The van der Waals surface area contributed by atoms with Gasteiger partial charge in [0, 0.05) is 19.2 Å². The standard InChI is InChI=1S/C24H32N2O5S/c1-26(17-10-13-32-14-11-17)24(27)19-15-20(22(29-3)23(30-4)21(19)28-2)31-18-7-5-16(6-8-18)9-12-25/h5-8,15,17H,9-14,25H2,1-4H3. The van der Waals surface area contributed by atoms with E-state index in [4.69, 9.17) is 24.7 Å². The second-order valence-corrected chi connectivity index (χ2v) is 8.79. The fraction of sp³-hybridized carbons (Fsp3) is 0.458. The number of nitrogens with two attached hydrogens (primary N) is 1. The Labute approximate surface area is 194 Å². The van der Waals surface area contributed by atoms with Crippen LogP contribution < -0.4 is 24.7 Å². The van der Waals surface area contributed by atoms with E-state index in [0.29, 0.717) is 40.9 Å². The lowest BCUT2D eigenvalue weighted by Gasteiger charge is -2.31. The number of hydrogen-bond donors (Lipinski definition) is 1. The molecule has 1 aliphatic rings. The highest BCUT2D eigenvalue weighted by molar-refractivity contribution is 7.99. The average molecular weight is 461 g/mol. The number of ether oxygens (including phenoxy) is 4. The Balaban J connectivity index is 2.00. The first-order valence-electron chi connectivity index (χ1n) is 10.7. The minimum atomic E-state index is -0.136. The van der Waals surface area contributed by atoms with Crippen molar-refractivity contribution in [3.8, 4) is 28.7 Å². The van der Waals surface area contributed by atoms with Crippen LogP contribution in [0.15, 0.2) is 30.3 Å². The normalized spacial score (nSPS) is 14.0. The molecule has 7 nitrogen and oxygen atoms in total. The summed E-state index contributed by atoms with van der Waals surface area (Å²) in [5.41, 5.74) is 7.13. The molecule has 0 radical (unpaired) electrons. The molecule has 2 aromatic rings. The maximum Gasteiger partial charge on any atom is 0.257 e. The van der Waals surface area contributed by atoms with Gasteiger partial charge in [0.05, 0.1) is 26.9 Å². The van der Waals surface area contributed by atoms with E-state index in [9.17, 15) is 4.79 Å². The van der Waals surface area contributed by atoms with E-state index < -0.39 is 0 Å². The van der Waals surface area contributed by atoms with E-state index in [2.05, 4.69) is 0 Å². The Bertz CT molecular complexity index is 914. The highest BCUT2D eigenvalue weighted by atomic mass is 32.2. The summed E-state index contributed by atoms with van der Waals surface area (Å²) in [6, 6.07) is 9.54. The lowest BCUT2D eigenvalue weighted by atomic mass is 10.1. The molecule has 1 fully saturated rings. The molecule has 0 aromatic heterocycles. The SMILES string of the molecule is COc1c(Oc2ccc(CCN)cc2)cc(C(=O)N(C)C2CCSCC2)c(OC)c1OC. The fourth-order valence-corrected chi connectivity index (χ4v) is 4.94. The number of rotatable bonds is 9. The van der Waals surface area contributed by atoms with Crippen LogP contribution in [0.5, 0.6) is 28.7 Å². The van der Waals surface area contributed by atoms with Crippen LogP contribution >= 0.6 is 11.8 Å². The maximum atomic E-state index is 13.5. The predicted octanol–water partition coefficient (Wildman–Crippen LogP) is 3.97. The van der Waals surface area contributed by atoms with Crippen molar-refractivity contribution < 1.29 is 23.7 Å². The maximum absolute atomic E-state index is 13.5. The molecule has 0 atom stereocenters. The van der Waals surface area contributed by atoms with E-state index in [1.54, 1.807) is 11.0 Å². The Hall–Kier alpha value is -2.58. The van der Waals surface area contributed by atoms with Crippen molar-refractivity contribution in [2.45, 2.75) is 25.3 Å². The molecule has 3 rings (SSSR count). The van der Waals surface area contributed by atoms with Gasteiger partial charge in [-0.25, -0.2) is 0 Å². The summed E-state index contributed by atoms with van der Waals surface area (Å²) in [6.07, 6.45) is 2.74. The Kier molecular flexibility index (Phi) is 8.53. The number of methoxy groups -OCH3 is 3. The summed E-state index contributed by atoms with van der Waals surface area (Å²) < 4.78 is 22.9. The fourth-order valence-electron chi connectivity index (χ4n) is 3.86. The van der Waals surface area contributed by atoms with E-state index in [1.165, 1.54) is 21.3 Å². The van der Waals surface area contributed by atoms with Crippen LogP contribution in [-0.2, 0) is 6.42 Å². The molecule has 0 spiro atoms. The van der Waals surface area contributed by atoms with E-state index >= 15 is 0 Å². The highest BCUT2D eigenvalue weighted by Crippen LogP contribution is 2.48. The largest absolute Gasteiger partial charge is 0.492 e. The van der Waals surface area contributed by atoms with E-state index in [1.807, 2.05) is 43.1 Å². The Morgan fingerprint density at radius 1 is 1.03 bits per heavy atom. The molecule has 0 unspecified atom stereocenters. The van der Waals surface area contributed by atoms with E-state index in [-0.39, 0.29) is 11.9 Å². The summed E-state index contributed by atoms with van der Waals surface area (Å²) in [6.45, 7) is 0.586.